The van der Waals surface area contributed by atoms with Gasteiger partial charge in [-0.2, -0.15) is 0 Å². The van der Waals surface area contributed by atoms with E-state index in [1.54, 1.807) is 32.1 Å². The van der Waals surface area contributed by atoms with Crippen molar-refractivity contribution in [2.75, 3.05) is 19.8 Å². The highest BCUT2D eigenvalue weighted by molar-refractivity contribution is 6.10. The van der Waals surface area contributed by atoms with Crippen LogP contribution in [0.1, 0.15) is 30.6 Å². The van der Waals surface area contributed by atoms with E-state index in [4.69, 9.17) is 14.2 Å². The predicted octanol–water partition coefficient (Wildman–Crippen LogP) is 2.57. The smallest absolute Gasteiger partial charge is 0.317 e. The van der Waals surface area contributed by atoms with E-state index >= 15 is 0 Å². The molecule has 0 heterocycles. The van der Waals surface area contributed by atoms with E-state index in [2.05, 4.69) is 6.58 Å². The van der Waals surface area contributed by atoms with Gasteiger partial charge < -0.3 is 14.2 Å². The van der Waals surface area contributed by atoms with Gasteiger partial charge in [-0.15, -0.1) is 0 Å². The first-order valence-electron chi connectivity index (χ1n) is 7.73. The number of benzene rings is 1. The van der Waals surface area contributed by atoms with E-state index in [1.807, 2.05) is 0 Å². The fourth-order valence-electron chi connectivity index (χ4n) is 1.98. The monoisotopic (exact) mass is 334 g/mol. The highest BCUT2D eigenvalue weighted by Crippen LogP contribution is 2.19. The summed E-state index contributed by atoms with van der Waals surface area (Å²) in [5.74, 6) is -2.48. The minimum absolute atomic E-state index is 0.125. The maximum Gasteiger partial charge on any atom is 0.317 e. The van der Waals surface area contributed by atoms with Crippen LogP contribution in [0.3, 0.4) is 0 Å². The molecule has 130 valence electrons. The van der Waals surface area contributed by atoms with Crippen molar-refractivity contribution in [3.05, 3.63) is 42.5 Å². The Kier molecular flexibility index (Phi) is 8.25. The molecule has 0 aromatic heterocycles. The van der Waals surface area contributed by atoms with Crippen LogP contribution in [0.15, 0.2) is 36.9 Å². The molecule has 0 radical (unpaired) electrons. The van der Waals surface area contributed by atoms with Crippen molar-refractivity contribution in [1.82, 2.24) is 0 Å². The lowest BCUT2D eigenvalue weighted by atomic mass is 9.94. The fourth-order valence-corrected chi connectivity index (χ4v) is 1.98. The average molecular weight is 334 g/mol. The highest BCUT2D eigenvalue weighted by atomic mass is 16.5. The number of Topliss-reactive ketones (excluding diaryl/α,β-unsaturated/α-hetero) is 1. The molecule has 0 saturated carbocycles. The molecule has 1 aromatic rings. The Morgan fingerprint density at radius 3 is 2.25 bits per heavy atom. The lowest BCUT2D eigenvalue weighted by molar-refractivity contribution is -0.152. The van der Waals surface area contributed by atoms with Crippen LogP contribution in [-0.2, 0) is 19.1 Å². The van der Waals surface area contributed by atoms with Gasteiger partial charge in [0.05, 0.1) is 19.6 Å². The first kappa shape index (κ1) is 19.4. The zero-order valence-corrected chi connectivity index (χ0v) is 13.9. The Bertz CT molecular complexity index is 576. The molecule has 1 rings (SSSR count). The Morgan fingerprint density at radius 2 is 1.71 bits per heavy atom. The van der Waals surface area contributed by atoms with E-state index < -0.39 is 23.6 Å². The molecule has 0 saturated heterocycles. The molecule has 0 aliphatic carbocycles. The Hall–Kier alpha value is -2.63. The largest absolute Gasteiger partial charge is 0.490 e. The zero-order valence-electron chi connectivity index (χ0n) is 13.9. The van der Waals surface area contributed by atoms with Gasteiger partial charge in [-0.05, 0) is 38.1 Å². The number of carbonyl (C=O) groups excluding carboxylic acids is 3. The van der Waals surface area contributed by atoms with Crippen molar-refractivity contribution >= 4 is 17.7 Å². The molecule has 0 amide bonds. The van der Waals surface area contributed by atoms with Crippen LogP contribution in [0.5, 0.6) is 5.75 Å². The molecule has 0 bridgehead atoms. The maximum absolute atomic E-state index is 12.6. The van der Waals surface area contributed by atoms with Crippen molar-refractivity contribution in [1.29, 1.82) is 0 Å². The number of rotatable bonds is 10. The average Bonchev–Trinajstić information content (AvgIpc) is 2.58. The van der Waals surface area contributed by atoms with Crippen molar-refractivity contribution in [2.45, 2.75) is 20.3 Å². The van der Waals surface area contributed by atoms with Crippen molar-refractivity contribution in [3.63, 3.8) is 0 Å². The molecule has 6 heteroatoms. The second-order valence-electron chi connectivity index (χ2n) is 4.80. The van der Waals surface area contributed by atoms with Gasteiger partial charge in [-0.3, -0.25) is 14.4 Å². The summed E-state index contributed by atoms with van der Waals surface area (Å²) in [5, 5.41) is 0. The molecule has 0 aliphatic rings. The molecular formula is C18H22O6. The van der Waals surface area contributed by atoms with E-state index in [9.17, 15) is 14.4 Å². The number of hydrogen-bond donors (Lipinski definition) is 0. The normalized spacial score (nSPS) is 11.2. The predicted molar refractivity (Wildman–Crippen MR) is 87.8 cm³/mol. The summed E-state index contributed by atoms with van der Waals surface area (Å²) >= 11 is 0. The van der Waals surface area contributed by atoms with E-state index in [1.165, 1.54) is 12.1 Å². The van der Waals surface area contributed by atoms with Crippen LogP contribution in [0.2, 0.25) is 0 Å². The minimum Gasteiger partial charge on any atom is -0.490 e. The first-order chi connectivity index (χ1) is 11.5. The quantitative estimate of drug-likeness (QED) is 0.283. The number of ether oxygens (including phenoxy) is 3. The Balaban J connectivity index is 2.91. The van der Waals surface area contributed by atoms with Crippen LogP contribution >= 0.6 is 0 Å². The van der Waals surface area contributed by atoms with Gasteiger partial charge in [0.15, 0.2) is 5.78 Å². The first-order valence-corrected chi connectivity index (χ1v) is 7.73. The van der Waals surface area contributed by atoms with Gasteiger partial charge >= 0.3 is 11.9 Å². The van der Waals surface area contributed by atoms with E-state index in [-0.39, 0.29) is 19.6 Å². The summed E-state index contributed by atoms with van der Waals surface area (Å²) in [7, 11) is 0. The van der Waals surface area contributed by atoms with E-state index in [0.29, 0.717) is 17.9 Å². The molecule has 0 N–H and O–H groups in total. The number of ketones is 1. The second-order valence-corrected chi connectivity index (χ2v) is 4.80. The molecule has 0 fully saturated rings. The number of carbonyl (C=O) groups is 3. The molecule has 6 nitrogen and oxygen atoms in total. The van der Waals surface area contributed by atoms with Crippen LogP contribution in [0, 0.1) is 5.92 Å². The SMILES string of the molecule is C=CCOc1ccc(C(=O)C(CC(=O)OCC)C(=O)OCC)cc1. The lowest BCUT2D eigenvalue weighted by Crippen LogP contribution is -2.29. The van der Waals surface area contributed by atoms with Crippen molar-refractivity contribution in [3.8, 4) is 5.75 Å². The van der Waals surface area contributed by atoms with Crippen molar-refractivity contribution < 1.29 is 28.6 Å². The number of hydrogen-bond acceptors (Lipinski definition) is 6. The minimum atomic E-state index is -1.22. The highest BCUT2D eigenvalue weighted by Gasteiger charge is 2.32. The molecule has 0 aliphatic heterocycles. The Labute approximate surface area is 141 Å². The molecular weight excluding hydrogens is 312 g/mol. The van der Waals surface area contributed by atoms with Crippen molar-refractivity contribution in [2.24, 2.45) is 5.92 Å². The molecule has 0 spiro atoms. The molecule has 1 atom stereocenters. The summed E-state index contributed by atoms with van der Waals surface area (Å²) in [6, 6.07) is 6.31. The standard InChI is InChI=1S/C18H22O6/c1-4-11-24-14-9-7-13(8-10-14)17(20)15(18(21)23-6-3)12-16(19)22-5-2/h4,7-10,15H,1,5-6,11-12H2,2-3H3. The fraction of sp³-hybridized carbons (Fsp3) is 0.389. The summed E-state index contributed by atoms with van der Waals surface area (Å²) in [4.78, 5) is 36.2. The topological polar surface area (TPSA) is 78.9 Å². The third-order valence-electron chi connectivity index (χ3n) is 3.07. The van der Waals surface area contributed by atoms with Crippen LogP contribution in [0.4, 0.5) is 0 Å². The third kappa shape index (κ3) is 5.87. The maximum atomic E-state index is 12.6. The van der Waals surface area contributed by atoms with Crippen LogP contribution in [-0.4, -0.2) is 37.5 Å². The number of esters is 2. The molecule has 1 aromatic carbocycles. The van der Waals surface area contributed by atoms with Gasteiger partial charge in [0.1, 0.15) is 18.3 Å². The second kappa shape index (κ2) is 10.2. The summed E-state index contributed by atoms with van der Waals surface area (Å²) in [6.07, 6.45) is 1.26. The zero-order chi connectivity index (χ0) is 17.9. The molecule has 24 heavy (non-hydrogen) atoms. The van der Waals surface area contributed by atoms with E-state index in [0.717, 1.165) is 0 Å². The summed E-state index contributed by atoms with van der Waals surface area (Å²) in [5.41, 5.74) is 0.295. The van der Waals surface area contributed by atoms with Gasteiger partial charge in [0, 0.05) is 5.56 Å². The van der Waals surface area contributed by atoms with Gasteiger partial charge in [-0.1, -0.05) is 12.7 Å². The third-order valence-corrected chi connectivity index (χ3v) is 3.07. The van der Waals surface area contributed by atoms with Crippen LogP contribution in [0.25, 0.3) is 0 Å². The van der Waals surface area contributed by atoms with Gasteiger partial charge in [0.2, 0.25) is 0 Å². The summed E-state index contributed by atoms with van der Waals surface area (Å²) < 4.78 is 15.1. The van der Waals surface area contributed by atoms with Gasteiger partial charge in [0.25, 0.3) is 0 Å². The molecule has 1 unspecified atom stereocenters. The Morgan fingerprint density at radius 1 is 1.08 bits per heavy atom. The van der Waals surface area contributed by atoms with Gasteiger partial charge in [-0.25, -0.2) is 0 Å². The lowest BCUT2D eigenvalue weighted by Gasteiger charge is -2.14. The van der Waals surface area contributed by atoms with Crippen LogP contribution < -0.4 is 4.74 Å². The summed E-state index contributed by atoms with van der Waals surface area (Å²) in [6.45, 7) is 7.49.